The van der Waals surface area contributed by atoms with E-state index >= 15 is 0 Å². The topological polar surface area (TPSA) is 86.8 Å². The van der Waals surface area contributed by atoms with Gasteiger partial charge in [-0.1, -0.05) is 48.5 Å². The molecular formula is C28H32FN3O4S. The first-order valence-electron chi connectivity index (χ1n) is 12.1. The highest BCUT2D eigenvalue weighted by atomic mass is 32.2. The van der Waals surface area contributed by atoms with Crippen LogP contribution in [0.1, 0.15) is 26.3 Å². The number of hydrogen-bond donors (Lipinski definition) is 1. The van der Waals surface area contributed by atoms with E-state index in [1.165, 1.54) is 4.90 Å². The number of carbonyl (C=O) groups is 2. The molecule has 0 bridgehead atoms. The molecule has 0 aliphatic rings. The average molecular weight is 526 g/mol. The normalized spacial score (nSPS) is 12.1. The van der Waals surface area contributed by atoms with Crippen LogP contribution in [0, 0.1) is 5.82 Å². The zero-order valence-electron chi connectivity index (χ0n) is 21.2. The first-order valence-corrected chi connectivity index (χ1v) is 13.5. The van der Waals surface area contributed by atoms with Crippen LogP contribution in [-0.4, -0.2) is 50.3 Å². The summed E-state index contributed by atoms with van der Waals surface area (Å²) in [6, 6.07) is 21.2. The van der Waals surface area contributed by atoms with Gasteiger partial charge in [-0.2, -0.15) is 0 Å². The van der Waals surface area contributed by atoms with Gasteiger partial charge < -0.3 is 10.2 Å². The zero-order chi connectivity index (χ0) is 27.0. The molecule has 2 amide bonds. The first kappa shape index (κ1) is 27.9. The van der Waals surface area contributed by atoms with Crippen molar-refractivity contribution in [3.8, 4) is 0 Å². The van der Waals surface area contributed by atoms with Gasteiger partial charge in [0.05, 0.1) is 10.6 Å². The monoisotopic (exact) mass is 525 g/mol. The third-order valence-electron chi connectivity index (χ3n) is 5.81. The lowest BCUT2D eigenvalue weighted by Gasteiger charge is -2.32. The maximum Gasteiger partial charge on any atom is 0.264 e. The number of amides is 2. The van der Waals surface area contributed by atoms with Gasteiger partial charge in [-0.15, -0.1) is 0 Å². The van der Waals surface area contributed by atoms with Gasteiger partial charge in [-0.05, 0) is 69.2 Å². The van der Waals surface area contributed by atoms with Gasteiger partial charge in [-0.3, -0.25) is 13.9 Å². The quantitative estimate of drug-likeness (QED) is 0.410. The molecule has 3 rings (SSSR count). The van der Waals surface area contributed by atoms with Gasteiger partial charge in [0.2, 0.25) is 11.8 Å². The van der Waals surface area contributed by atoms with Crippen molar-refractivity contribution in [3.05, 3.63) is 96.3 Å². The standard InChI is InChI=1S/C28H32FN3O4S/c1-21(2)30-28(34)22(3)31(19-18-23-10-6-4-7-11-23)27(33)20-32(25-12-8-5-9-13-25)37(35,36)26-16-14-24(29)15-17-26/h4-17,21-22H,18-20H2,1-3H3,(H,30,34)/t22-/m0/s1. The highest BCUT2D eigenvalue weighted by molar-refractivity contribution is 7.92. The minimum absolute atomic E-state index is 0.124. The number of sulfonamides is 1. The summed E-state index contributed by atoms with van der Waals surface area (Å²) in [4.78, 5) is 27.8. The number of halogens is 1. The molecule has 1 N–H and O–H groups in total. The van der Waals surface area contributed by atoms with Crippen LogP contribution in [-0.2, 0) is 26.0 Å². The Hall–Kier alpha value is -3.72. The summed E-state index contributed by atoms with van der Waals surface area (Å²) in [7, 11) is -4.21. The Balaban J connectivity index is 1.94. The molecule has 3 aromatic carbocycles. The van der Waals surface area contributed by atoms with Crippen LogP contribution >= 0.6 is 0 Å². The molecule has 0 unspecified atom stereocenters. The zero-order valence-corrected chi connectivity index (χ0v) is 22.0. The first-order chi connectivity index (χ1) is 17.6. The molecule has 3 aromatic rings. The van der Waals surface area contributed by atoms with Crippen molar-refractivity contribution in [2.45, 2.75) is 44.2 Å². The fourth-order valence-corrected chi connectivity index (χ4v) is 5.25. The van der Waals surface area contributed by atoms with E-state index in [1.54, 1.807) is 37.3 Å². The van der Waals surface area contributed by atoms with Crippen molar-refractivity contribution in [3.63, 3.8) is 0 Å². The highest BCUT2D eigenvalue weighted by Crippen LogP contribution is 2.24. The van der Waals surface area contributed by atoms with Crippen molar-refractivity contribution >= 4 is 27.5 Å². The minimum Gasteiger partial charge on any atom is -0.352 e. The average Bonchev–Trinajstić information content (AvgIpc) is 2.88. The van der Waals surface area contributed by atoms with Crippen LogP contribution in [0.25, 0.3) is 0 Å². The molecule has 0 heterocycles. The van der Waals surface area contributed by atoms with E-state index in [0.717, 1.165) is 34.1 Å². The van der Waals surface area contributed by atoms with E-state index in [1.807, 2.05) is 44.2 Å². The van der Waals surface area contributed by atoms with Crippen molar-refractivity contribution in [1.82, 2.24) is 10.2 Å². The number of hydrogen-bond acceptors (Lipinski definition) is 4. The molecule has 0 aliphatic heterocycles. The van der Waals surface area contributed by atoms with Crippen molar-refractivity contribution in [2.75, 3.05) is 17.4 Å². The second kappa shape index (κ2) is 12.5. The van der Waals surface area contributed by atoms with Crippen LogP contribution in [0.15, 0.2) is 89.8 Å². The maximum atomic E-state index is 13.7. The predicted molar refractivity (Wildman–Crippen MR) is 142 cm³/mol. The molecule has 0 aromatic heterocycles. The van der Waals surface area contributed by atoms with E-state index in [4.69, 9.17) is 0 Å². The lowest BCUT2D eigenvalue weighted by Crippen LogP contribution is -2.53. The molecule has 0 fully saturated rings. The van der Waals surface area contributed by atoms with Crippen molar-refractivity contribution in [2.24, 2.45) is 0 Å². The third kappa shape index (κ3) is 7.39. The molecule has 7 nitrogen and oxygen atoms in total. The summed E-state index contributed by atoms with van der Waals surface area (Å²) in [5.41, 5.74) is 1.26. The van der Waals surface area contributed by atoms with Crippen LogP contribution in [0.5, 0.6) is 0 Å². The van der Waals surface area contributed by atoms with Gasteiger partial charge in [-0.25, -0.2) is 12.8 Å². The van der Waals surface area contributed by atoms with Gasteiger partial charge in [0.25, 0.3) is 10.0 Å². The number of rotatable bonds is 11. The van der Waals surface area contributed by atoms with E-state index < -0.39 is 34.3 Å². The van der Waals surface area contributed by atoms with Crippen LogP contribution in [0.4, 0.5) is 10.1 Å². The number of nitrogens with zero attached hydrogens (tertiary/aromatic N) is 2. The summed E-state index contributed by atoms with van der Waals surface area (Å²) in [5.74, 6) is -1.43. The van der Waals surface area contributed by atoms with Crippen LogP contribution in [0.2, 0.25) is 0 Å². The molecule has 1 atom stereocenters. The lowest BCUT2D eigenvalue weighted by atomic mass is 10.1. The molecule has 0 saturated carbocycles. The van der Waals surface area contributed by atoms with Crippen LogP contribution in [0.3, 0.4) is 0 Å². The largest absolute Gasteiger partial charge is 0.352 e. The van der Waals surface area contributed by atoms with E-state index in [9.17, 15) is 22.4 Å². The van der Waals surface area contributed by atoms with Gasteiger partial charge in [0, 0.05) is 12.6 Å². The maximum absolute atomic E-state index is 13.7. The van der Waals surface area contributed by atoms with E-state index in [-0.39, 0.29) is 29.1 Å². The Kier molecular flexibility index (Phi) is 9.41. The molecule has 0 spiro atoms. The fraction of sp³-hybridized carbons (Fsp3) is 0.286. The van der Waals surface area contributed by atoms with E-state index in [0.29, 0.717) is 6.42 Å². The number of para-hydroxylation sites is 1. The molecule has 9 heteroatoms. The Morgan fingerprint density at radius 3 is 2.00 bits per heavy atom. The molecule has 196 valence electrons. The number of anilines is 1. The summed E-state index contributed by atoms with van der Waals surface area (Å²) >= 11 is 0. The van der Waals surface area contributed by atoms with E-state index in [2.05, 4.69) is 5.32 Å². The number of benzene rings is 3. The second-order valence-electron chi connectivity index (χ2n) is 8.96. The Morgan fingerprint density at radius 2 is 1.43 bits per heavy atom. The lowest BCUT2D eigenvalue weighted by molar-refractivity contribution is -0.139. The fourth-order valence-electron chi connectivity index (χ4n) is 3.83. The Morgan fingerprint density at radius 1 is 0.865 bits per heavy atom. The Bertz CT molecular complexity index is 1280. The second-order valence-corrected chi connectivity index (χ2v) is 10.8. The SMILES string of the molecule is CC(C)NC(=O)[C@H](C)N(CCc1ccccc1)C(=O)CN(c1ccccc1)S(=O)(=O)c1ccc(F)cc1. The molecule has 0 aliphatic carbocycles. The molecule has 0 saturated heterocycles. The summed E-state index contributed by atoms with van der Waals surface area (Å²) < 4.78 is 41.6. The highest BCUT2D eigenvalue weighted by Gasteiger charge is 2.32. The summed E-state index contributed by atoms with van der Waals surface area (Å²) in [6.45, 7) is 4.97. The van der Waals surface area contributed by atoms with Gasteiger partial charge in [0.15, 0.2) is 0 Å². The smallest absolute Gasteiger partial charge is 0.264 e. The minimum atomic E-state index is -4.21. The van der Waals surface area contributed by atoms with Gasteiger partial charge in [0.1, 0.15) is 18.4 Å². The summed E-state index contributed by atoms with van der Waals surface area (Å²) in [5, 5.41) is 2.82. The Labute approximate surface area is 218 Å². The van der Waals surface area contributed by atoms with Crippen molar-refractivity contribution < 1.29 is 22.4 Å². The van der Waals surface area contributed by atoms with Crippen LogP contribution < -0.4 is 9.62 Å². The number of carbonyl (C=O) groups excluding carboxylic acids is 2. The van der Waals surface area contributed by atoms with Gasteiger partial charge >= 0.3 is 0 Å². The van der Waals surface area contributed by atoms with Crippen molar-refractivity contribution in [1.29, 1.82) is 0 Å². The third-order valence-corrected chi connectivity index (χ3v) is 7.60. The molecule has 37 heavy (non-hydrogen) atoms. The number of nitrogens with one attached hydrogen (secondary N) is 1. The summed E-state index contributed by atoms with van der Waals surface area (Å²) in [6.07, 6.45) is 0.488. The molecular weight excluding hydrogens is 493 g/mol. The molecule has 0 radical (unpaired) electrons. The predicted octanol–water partition coefficient (Wildman–Crippen LogP) is 4.01.